The Hall–Kier alpha value is -1.87. The first kappa shape index (κ1) is 16.2. The van der Waals surface area contributed by atoms with Gasteiger partial charge in [0.05, 0.1) is 0 Å². The highest BCUT2D eigenvalue weighted by molar-refractivity contribution is 7.89. The van der Waals surface area contributed by atoms with Crippen LogP contribution in [0.5, 0.6) is 0 Å². The number of primary amides is 1. The van der Waals surface area contributed by atoms with Crippen LogP contribution in [-0.4, -0.2) is 47.4 Å². The fraction of sp³-hybridized carbons (Fsp3) is 0.455. The average molecular weight is 303 g/mol. The van der Waals surface area contributed by atoms with E-state index in [1.807, 2.05) is 0 Å². The zero-order valence-corrected chi connectivity index (χ0v) is 12.1. The quantitative estimate of drug-likeness (QED) is 0.710. The Labute approximate surface area is 116 Å². The third-order valence-corrected chi connectivity index (χ3v) is 4.47. The summed E-state index contributed by atoms with van der Waals surface area (Å²) in [5.74, 6) is -2.00. The molecule has 0 aliphatic heterocycles. The van der Waals surface area contributed by atoms with E-state index in [-0.39, 0.29) is 17.1 Å². The molecule has 3 N–H and O–H groups in total. The Morgan fingerprint density at radius 3 is 2.45 bits per heavy atom. The molecule has 1 rings (SSSR count). The third kappa shape index (κ3) is 3.36. The van der Waals surface area contributed by atoms with Crippen LogP contribution in [-0.2, 0) is 21.9 Å². The van der Waals surface area contributed by atoms with E-state index in [9.17, 15) is 18.0 Å². The Bertz CT molecular complexity index is 620. The van der Waals surface area contributed by atoms with Crippen LogP contribution in [0.25, 0.3) is 0 Å². The van der Waals surface area contributed by atoms with Crippen molar-refractivity contribution in [1.82, 2.24) is 8.87 Å². The molecule has 112 valence electrons. The highest BCUT2D eigenvalue weighted by Crippen LogP contribution is 2.18. The van der Waals surface area contributed by atoms with Crippen molar-refractivity contribution < 1.29 is 23.1 Å². The number of aromatic nitrogens is 1. The van der Waals surface area contributed by atoms with Crippen molar-refractivity contribution in [2.45, 2.75) is 18.2 Å². The van der Waals surface area contributed by atoms with Crippen LogP contribution in [0, 0.1) is 0 Å². The molecule has 0 aliphatic rings. The maximum atomic E-state index is 12.3. The topological polar surface area (TPSA) is 123 Å². The molecule has 0 spiro atoms. The van der Waals surface area contributed by atoms with Gasteiger partial charge in [-0.3, -0.25) is 9.59 Å². The third-order valence-electron chi connectivity index (χ3n) is 2.65. The normalized spacial score (nSPS) is 11.8. The fourth-order valence-corrected chi connectivity index (χ4v) is 3.31. The fourth-order valence-electron chi connectivity index (χ4n) is 1.75. The molecule has 0 radical (unpaired) electrons. The number of aliphatic carboxylic acids is 1. The molecule has 0 fully saturated rings. The van der Waals surface area contributed by atoms with Crippen molar-refractivity contribution in [3.63, 3.8) is 0 Å². The molecule has 0 saturated carbocycles. The van der Waals surface area contributed by atoms with Crippen molar-refractivity contribution >= 4 is 21.9 Å². The minimum atomic E-state index is -3.97. The van der Waals surface area contributed by atoms with Crippen LogP contribution < -0.4 is 5.73 Å². The van der Waals surface area contributed by atoms with Crippen LogP contribution in [0.3, 0.4) is 0 Å². The number of carboxylic acid groups (broad SMARTS) is 1. The van der Waals surface area contributed by atoms with Crippen LogP contribution in [0.1, 0.15) is 23.8 Å². The summed E-state index contributed by atoms with van der Waals surface area (Å²) in [6.45, 7) is 1.19. The molecule has 0 unspecified atom stereocenters. The minimum Gasteiger partial charge on any atom is -0.480 e. The van der Waals surface area contributed by atoms with E-state index in [2.05, 4.69) is 0 Å². The van der Waals surface area contributed by atoms with E-state index in [1.165, 1.54) is 17.8 Å². The predicted octanol–water partition coefficient (Wildman–Crippen LogP) is -0.391. The smallest absolute Gasteiger partial charge is 0.318 e. The Balaban J connectivity index is 3.22. The van der Waals surface area contributed by atoms with Gasteiger partial charge in [-0.2, -0.15) is 4.31 Å². The van der Waals surface area contributed by atoms with Gasteiger partial charge in [0.1, 0.15) is 17.1 Å². The lowest BCUT2D eigenvalue weighted by Gasteiger charge is -2.18. The maximum absolute atomic E-state index is 12.3. The Morgan fingerprint density at radius 2 is 2.05 bits per heavy atom. The second-order valence-corrected chi connectivity index (χ2v) is 6.21. The Morgan fingerprint density at radius 1 is 1.45 bits per heavy atom. The summed E-state index contributed by atoms with van der Waals surface area (Å²) in [5.41, 5.74) is 5.16. The summed E-state index contributed by atoms with van der Waals surface area (Å²) in [6.07, 6.45) is 1.71. The summed E-state index contributed by atoms with van der Waals surface area (Å²) in [4.78, 5) is 21.7. The first-order valence-corrected chi connectivity index (χ1v) is 7.32. The van der Waals surface area contributed by atoms with E-state index in [0.29, 0.717) is 6.42 Å². The molecule has 0 bridgehead atoms. The SMILES string of the molecule is CCCN(CC(=O)O)S(=O)(=O)c1cc(C(N)=O)n(C)c1. The van der Waals surface area contributed by atoms with Gasteiger partial charge in [-0.15, -0.1) is 0 Å². The van der Waals surface area contributed by atoms with Gasteiger partial charge in [0.15, 0.2) is 0 Å². The van der Waals surface area contributed by atoms with Crippen LogP contribution in [0.15, 0.2) is 17.2 Å². The van der Waals surface area contributed by atoms with Crippen molar-refractivity contribution in [3.8, 4) is 0 Å². The molecular weight excluding hydrogens is 286 g/mol. The number of amides is 1. The minimum absolute atomic E-state index is 0.0374. The van der Waals surface area contributed by atoms with Crippen molar-refractivity contribution in [2.75, 3.05) is 13.1 Å². The van der Waals surface area contributed by atoms with E-state index >= 15 is 0 Å². The number of hydrogen-bond donors (Lipinski definition) is 2. The number of hydrogen-bond acceptors (Lipinski definition) is 4. The second-order valence-electron chi connectivity index (χ2n) is 4.27. The Kier molecular flexibility index (Phi) is 4.90. The van der Waals surface area contributed by atoms with Gasteiger partial charge >= 0.3 is 5.97 Å². The largest absolute Gasteiger partial charge is 0.480 e. The summed E-state index contributed by atoms with van der Waals surface area (Å²) in [7, 11) is -2.48. The molecule has 1 amide bonds. The first-order chi connectivity index (χ1) is 9.20. The van der Waals surface area contributed by atoms with Gasteiger partial charge in [-0.05, 0) is 12.5 Å². The number of carboxylic acids is 1. The van der Waals surface area contributed by atoms with Crippen molar-refractivity contribution in [2.24, 2.45) is 12.8 Å². The van der Waals surface area contributed by atoms with Gasteiger partial charge in [0, 0.05) is 19.8 Å². The highest BCUT2D eigenvalue weighted by Gasteiger charge is 2.28. The maximum Gasteiger partial charge on any atom is 0.318 e. The number of aryl methyl sites for hydroxylation is 1. The van der Waals surface area contributed by atoms with E-state index in [1.54, 1.807) is 6.92 Å². The zero-order valence-electron chi connectivity index (χ0n) is 11.2. The zero-order chi connectivity index (χ0) is 15.5. The number of nitrogens with zero attached hydrogens (tertiary/aromatic N) is 2. The predicted molar refractivity (Wildman–Crippen MR) is 70.6 cm³/mol. The standard InChI is InChI=1S/C11H17N3O5S/c1-3-4-14(7-10(15)16)20(18,19)8-5-9(11(12)17)13(2)6-8/h5-6H,3-4,7H2,1-2H3,(H2,12,17)(H,15,16). The van der Waals surface area contributed by atoms with Gasteiger partial charge in [0.25, 0.3) is 5.91 Å². The summed E-state index contributed by atoms with van der Waals surface area (Å²) in [5, 5.41) is 8.78. The van der Waals surface area contributed by atoms with Gasteiger partial charge in [-0.25, -0.2) is 8.42 Å². The molecule has 0 aliphatic carbocycles. The van der Waals surface area contributed by atoms with E-state index in [0.717, 1.165) is 10.4 Å². The number of carbonyl (C=O) groups is 2. The van der Waals surface area contributed by atoms with E-state index in [4.69, 9.17) is 10.8 Å². The number of carbonyl (C=O) groups excluding carboxylic acids is 1. The summed E-state index contributed by atoms with van der Waals surface area (Å²) >= 11 is 0. The summed E-state index contributed by atoms with van der Waals surface area (Å²) < 4.78 is 26.8. The second kappa shape index (κ2) is 6.06. The molecule has 0 aromatic carbocycles. The van der Waals surface area contributed by atoms with Gasteiger partial charge in [-0.1, -0.05) is 6.92 Å². The average Bonchev–Trinajstić information content (AvgIpc) is 2.71. The molecule has 1 heterocycles. The molecule has 0 atom stereocenters. The first-order valence-electron chi connectivity index (χ1n) is 5.88. The lowest BCUT2D eigenvalue weighted by molar-refractivity contribution is -0.137. The van der Waals surface area contributed by atoms with E-state index < -0.39 is 28.4 Å². The highest BCUT2D eigenvalue weighted by atomic mass is 32.2. The lowest BCUT2D eigenvalue weighted by atomic mass is 10.4. The summed E-state index contributed by atoms with van der Waals surface area (Å²) in [6, 6.07) is 1.14. The van der Waals surface area contributed by atoms with Crippen molar-refractivity contribution in [3.05, 3.63) is 18.0 Å². The molecule has 9 heteroatoms. The van der Waals surface area contributed by atoms with Crippen LogP contribution in [0.4, 0.5) is 0 Å². The monoisotopic (exact) mass is 303 g/mol. The molecule has 0 saturated heterocycles. The number of sulfonamides is 1. The van der Waals surface area contributed by atoms with Crippen LogP contribution >= 0.6 is 0 Å². The molecule has 1 aromatic rings. The number of rotatable bonds is 7. The molecule has 1 aromatic heterocycles. The van der Waals surface area contributed by atoms with Gasteiger partial charge in [0.2, 0.25) is 10.0 Å². The van der Waals surface area contributed by atoms with Crippen LogP contribution in [0.2, 0.25) is 0 Å². The lowest BCUT2D eigenvalue weighted by Crippen LogP contribution is -2.36. The van der Waals surface area contributed by atoms with Gasteiger partial charge < -0.3 is 15.4 Å². The van der Waals surface area contributed by atoms with Crippen molar-refractivity contribution in [1.29, 1.82) is 0 Å². The number of nitrogens with two attached hydrogens (primary N) is 1. The molecule has 20 heavy (non-hydrogen) atoms. The molecular formula is C11H17N3O5S. The molecule has 8 nitrogen and oxygen atoms in total.